The zero-order valence-corrected chi connectivity index (χ0v) is 8.11. The van der Waals surface area contributed by atoms with Crippen molar-refractivity contribution in [1.82, 2.24) is 14.6 Å². The third kappa shape index (κ3) is 1.12. The van der Waals surface area contributed by atoms with Crippen molar-refractivity contribution in [3.63, 3.8) is 0 Å². The number of rotatable bonds is 1. The van der Waals surface area contributed by atoms with Gasteiger partial charge in [-0.25, -0.2) is 9.50 Å². The molecular formula is C10H7N3S. The predicted octanol–water partition coefficient (Wildman–Crippen LogP) is 2.46. The van der Waals surface area contributed by atoms with Crippen LogP contribution in [0.4, 0.5) is 0 Å². The lowest BCUT2D eigenvalue weighted by molar-refractivity contribution is 0.941. The van der Waals surface area contributed by atoms with E-state index in [9.17, 15) is 0 Å². The first kappa shape index (κ1) is 7.70. The maximum atomic E-state index is 4.49. The highest BCUT2D eigenvalue weighted by Crippen LogP contribution is 2.22. The Hall–Kier alpha value is -1.68. The Kier molecular flexibility index (Phi) is 1.61. The Morgan fingerprint density at radius 3 is 3.07 bits per heavy atom. The van der Waals surface area contributed by atoms with Gasteiger partial charge in [0.25, 0.3) is 0 Å². The van der Waals surface area contributed by atoms with Gasteiger partial charge in [-0.2, -0.15) is 5.10 Å². The minimum Gasteiger partial charge on any atom is -0.228 e. The molecule has 3 nitrogen and oxygen atoms in total. The van der Waals surface area contributed by atoms with Crippen LogP contribution in [0.2, 0.25) is 0 Å². The number of aromatic nitrogens is 3. The summed E-state index contributed by atoms with van der Waals surface area (Å²) in [4.78, 5) is 5.68. The smallest absolute Gasteiger partial charge is 0.155 e. The van der Waals surface area contributed by atoms with Gasteiger partial charge in [-0.15, -0.1) is 11.3 Å². The van der Waals surface area contributed by atoms with E-state index in [1.54, 1.807) is 22.0 Å². The van der Waals surface area contributed by atoms with E-state index >= 15 is 0 Å². The zero-order valence-electron chi connectivity index (χ0n) is 7.29. The number of hydrogen-bond acceptors (Lipinski definition) is 3. The van der Waals surface area contributed by atoms with Crippen LogP contribution >= 0.6 is 11.3 Å². The van der Waals surface area contributed by atoms with Gasteiger partial charge in [-0.3, -0.25) is 0 Å². The largest absolute Gasteiger partial charge is 0.228 e. The summed E-state index contributed by atoms with van der Waals surface area (Å²) >= 11 is 1.70. The summed E-state index contributed by atoms with van der Waals surface area (Å²) < 4.78 is 1.76. The van der Waals surface area contributed by atoms with Crippen molar-refractivity contribution in [3.8, 4) is 10.6 Å². The highest BCUT2D eigenvalue weighted by atomic mass is 32.1. The van der Waals surface area contributed by atoms with Gasteiger partial charge in [0.15, 0.2) is 5.65 Å². The fraction of sp³-hybridized carbons (Fsp3) is 0. The second-order valence-electron chi connectivity index (χ2n) is 2.92. The van der Waals surface area contributed by atoms with E-state index in [1.807, 2.05) is 24.4 Å². The van der Waals surface area contributed by atoms with Crippen molar-refractivity contribution in [3.05, 3.63) is 42.0 Å². The quantitative estimate of drug-likeness (QED) is 0.605. The van der Waals surface area contributed by atoms with Gasteiger partial charge in [-0.1, -0.05) is 6.07 Å². The third-order valence-corrected chi connectivity index (χ3v) is 2.92. The van der Waals surface area contributed by atoms with E-state index in [1.165, 1.54) is 4.88 Å². The SMILES string of the molecule is c1csc(-c2ccn3nccc3n2)c1. The van der Waals surface area contributed by atoms with Crippen LogP contribution in [0, 0.1) is 0 Å². The Bertz CT molecular complexity index is 554. The molecule has 0 aliphatic carbocycles. The van der Waals surface area contributed by atoms with Gasteiger partial charge in [0.1, 0.15) is 0 Å². The van der Waals surface area contributed by atoms with E-state index in [2.05, 4.69) is 21.5 Å². The summed E-state index contributed by atoms with van der Waals surface area (Å²) in [6.45, 7) is 0. The van der Waals surface area contributed by atoms with Crippen molar-refractivity contribution < 1.29 is 0 Å². The molecular weight excluding hydrogens is 194 g/mol. The van der Waals surface area contributed by atoms with Crippen LogP contribution in [0.15, 0.2) is 42.0 Å². The lowest BCUT2D eigenvalue weighted by atomic mass is 10.3. The topological polar surface area (TPSA) is 30.2 Å². The minimum atomic E-state index is 0.885. The van der Waals surface area contributed by atoms with Crippen LogP contribution in [-0.2, 0) is 0 Å². The molecule has 14 heavy (non-hydrogen) atoms. The summed E-state index contributed by atoms with van der Waals surface area (Å²) in [6, 6.07) is 7.98. The average Bonchev–Trinajstić information content (AvgIpc) is 2.88. The van der Waals surface area contributed by atoms with Gasteiger partial charge >= 0.3 is 0 Å². The van der Waals surface area contributed by atoms with Gasteiger partial charge < -0.3 is 0 Å². The van der Waals surface area contributed by atoms with Crippen LogP contribution in [-0.4, -0.2) is 14.6 Å². The predicted molar refractivity (Wildman–Crippen MR) is 56.3 cm³/mol. The standard InChI is InChI=1S/C10H7N3S/c1-2-9(14-7-1)8-4-6-13-10(12-8)3-5-11-13/h1-7H. The van der Waals surface area contributed by atoms with Crippen molar-refractivity contribution in [2.75, 3.05) is 0 Å². The van der Waals surface area contributed by atoms with E-state index < -0.39 is 0 Å². The Labute approximate surface area is 84.7 Å². The lowest BCUT2D eigenvalue weighted by Gasteiger charge is -1.96. The molecule has 0 radical (unpaired) electrons. The molecule has 3 aromatic rings. The summed E-state index contributed by atoms with van der Waals surface area (Å²) in [5.41, 5.74) is 1.89. The van der Waals surface area contributed by atoms with Gasteiger partial charge in [0.05, 0.1) is 16.8 Å². The third-order valence-electron chi connectivity index (χ3n) is 2.03. The molecule has 0 saturated heterocycles. The van der Waals surface area contributed by atoms with Crippen molar-refractivity contribution >= 4 is 17.0 Å². The molecule has 0 unspecified atom stereocenters. The maximum Gasteiger partial charge on any atom is 0.155 e. The molecule has 68 valence electrons. The first-order valence-electron chi connectivity index (χ1n) is 4.28. The molecule has 0 aliphatic heterocycles. The van der Waals surface area contributed by atoms with Gasteiger partial charge in [0.2, 0.25) is 0 Å². The molecule has 0 atom stereocenters. The Morgan fingerprint density at radius 1 is 1.21 bits per heavy atom. The molecule has 3 heterocycles. The molecule has 0 fully saturated rings. The van der Waals surface area contributed by atoms with Crippen LogP contribution < -0.4 is 0 Å². The molecule has 0 amide bonds. The fourth-order valence-corrected chi connectivity index (χ4v) is 2.07. The summed E-state index contributed by atoms with van der Waals surface area (Å²) in [7, 11) is 0. The number of fused-ring (bicyclic) bond motifs is 1. The monoisotopic (exact) mass is 201 g/mol. The molecule has 4 heteroatoms. The van der Waals surface area contributed by atoms with Crippen molar-refractivity contribution in [2.24, 2.45) is 0 Å². The number of thiophene rings is 1. The molecule has 3 aromatic heterocycles. The zero-order chi connectivity index (χ0) is 9.38. The molecule has 0 N–H and O–H groups in total. The van der Waals surface area contributed by atoms with Crippen molar-refractivity contribution in [2.45, 2.75) is 0 Å². The number of nitrogens with zero attached hydrogens (tertiary/aromatic N) is 3. The highest BCUT2D eigenvalue weighted by Gasteiger charge is 2.01. The molecule has 0 aliphatic rings. The molecule has 3 rings (SSSR count). The second kappa shape index (κ2) is 2.92. The van der Waals surface area contributed by atoms with Crippen LogP contribution in [0.25, 0.3) is 16.2 Å². The second-order valence-corrected chi connectivity index (χ2v) is 3.87. The van der Waals surface area contributed by atoms with E-state index in [4.69, 9.17) is 0 Å². The van der Waals surface area contributed by atoms with Gasteiger partial charge in [-0.05, 0) is 17.5 Å². The lowest BCUT2D eigenvalue weighted by Crippen LogP contribution is -1.89. The van der Waals surface area contributed by atoms with E-state index in [-0.39, 0.29) is 0 Å². The average molecular weight is 201 g/mol. The van der Waals surface area contributed by atoms with Gasteiger partial charge in [0, 0.05) is 12.3 Å². The Morgan fingerprint density at radius 2 is 2.21 bits per heavy atom. The maximum absolute atomic E-state index is 4.49. The fourth-order valence-electron chi connectivity index (χ4n) is 1.37. The Balaban J connectivity index is 2.23. The van der Waals surface area contributed by atoms with E-state index in [0.717, 1.165) is 11.3 Å². The molecule has 0 aromatic carbocycles. The van der Waals surface area contributed by atoms with Crippen molar-refractivity contribution in [1.29, 1.82) is 0 Å². The first-order chi connectivity index (χ1) is 6.93. The van der Waals surface area contributed by atoms with Crippen LogP contribution in [0.1, 0.15) is 0 Å². The summed E-state index contributed by atoms with van der Waals surface area (Å²) in [5.74, 6) is 0. The normalized spacial score (nSPS) is 10.9. The molecule has 0 bridgehead atoms. The first-order valence-corrected chi connectivity index (χ1v) is 5.16. The number of hydrogen-bond donors (Lipinski definition) is 0. The minimum absolute atomic E-state index is 0.885. The van der Waals surface area contributed by atoms with E-state index in [0.29, 0.717) is 0 Å². The highest BCUT2D eigenvalue weighted by molar-refractivity contribution is 7.13. The van der Waals surface area contributed by atoms with Crippen LogP contribution in [0.5, 0.6) is 0 Å². The molecule has 0 saturated carbocycles. The summed E-state index contributed by atoms with van der Waals surface area (Å²) in [5, 5.41) is 6.15. The summed E-state index contributed by atoms with van der Waals surface area (Å²) in [6.07, 6.45) is 3.68. The molecule has 0 spiro atoms. The van der Waals surface area contributed by atoms with Crippen LogP contribution in [0.3, 0.4) is 0 Å².